The van der Waals surface area contributed by atoms with Gasteiger partial charge >= 0.3 is 0 Å². The molecule has 4 heteroatoms. The minimum absolute atomic E-state index is 0. The Morgan fingerprint density at radius 1 is 0.833 bits per heavy atom. The van der Waals surface area contributed by atoms with Crippen LogP contribution in [-0.2, 0) is 0 Å². The Hall–Kier alpha value is 0.500. The Morgan fingerprint density at radius 2 is 1.17 bits per heavy atom. The zero-order valence-corrected chi connectivity index (χ0v) is 9.43. The van der Waals surface area contributed by atoms with Crippen LogP contribution in [0.1, 0.15) is 25.7 Å². The molecule has 2 atom stereocenters. The van der Waals surface area contributed by atoms with E-state index < -0.39 is 0 Å². The fourth-order valence-electron chi connectivity index (χ4n) is 1.82. The Labute approximate surface area is 87.7 Å². The highest BCUT2D eigenvalue weighted by Crippen LogP contribution is 2.17. The van der Waals surface area contributed by atoms with E-state index in [4.69, 9.17) is 0 Å². The molecule has 0 aromatic rings. The lowest BCUT2D eigenvalue weighted by Gasteiger charge is -2.30. The summed E-state index contributed by atoms with van der Waals surface area (Å²) in [5.74, 6) is 0. The van der Waals surface area contributed by atoms with Crippen LogP contribution in [0, 0.1) is 0 Å². The summed E-state index contributed by atoms with van der Waals surface area (Å²) in [4.78, 5) is 0. The third-order valence-electron chi connectivity index (χ3n) is 2.51. The molecule has 0 spiro atoms. The number of halogens is 2. The molecular weight excluding hydrogens is 195 g/mol. The summed E-state index contributed by atoms with van der Waals surface area (Å²) >= 11 is 0. The quantitative estimate of drug-likeness (QED) is 0.730. The Kier molecular flexibility index (Phi) is 10.1. The van der Waals surface area contributed by atoms with Gasteiger partial charge in [-0.3, -0.25) is 0 Å². The Bertz CT molecular complexity index is 89.1. The minimum atomic E-state index is 0. The molecule has 12 heavy (non-hydrogen) atoms. The summed E-state index contributed by atoms with van der Waals surface area (Å²) in [7, 11) is 4.11. The van der Waals surface area contributed by atoms with Crippen molar-refractivity contribution in [2.24, 2.45) is 0 Å². The van der Waals surface area contributed by atoms with Crippen LogP contribution in [-0.4, -0.2) is 26.2 Å². The van der Waals surface area contributed by atoms with E-state index in [0.29, 0.717) is 12.1 Å². The van der Waals surface area contributed by atoms with Gasteiger partial charge in [0.15, 0.2) is 0 Å². The molecule has 0 aromatic heterocycles. The fourth-order valence-corrected chi connectivity index (χ4v) is 1.82. The van der Waals surface area contributed by atoms with Crippen LogP contribution in [0.3, 0.4) is 0 Å². The molecule has 0 radical (unpaired) electrons. The molecule has 76 valence electrons. The molecule has 1 rings (SSSR count). The zero-order valence-electron chi connectivity index (χ0n) is 7.80. The summed E-state index contributed by atoms with van der Waals surface area (Å²) in [6.07, 6.45) is 5.46. The van der Waals surface area contributed by atoms with Crippen molar-refractivity contribution in [2.45, 2.75) is 37.8 Å². The lowest BCUT2D eigenvalue weighted by molar-refractivity contribution is 0.309. The summed E-state index contributed by atoms with van der Waals surface area (Å²) in [6.45, 7) is 0. The van der Waals surface area contributed by atoms with Crippen LogP contribution in [0.2, 0.25) is 0 Å². The van der Waals surface area contributed by atoms with Crippen molar-refractivity contribution < 1.29 is 0 Å². The summed E-state index contributed by atoms with van der Waals surface area (Å²) in [5, 5.41) is 6.68. The first kappa shape index (κ1) is 15.0. The topological polar surface area (TPSA) is 24.1 Å². The third kappa shape index (κ3) is 3.94. The Morgan fingerprint density at radius 3 is 1.42 bits per heavy atom. The van der Waals surface area contributed by atoms with Crippen LogP contribution < -0.4 is 10.6 Å². The van der Waals surface area contributed by atoms with Crippen LogP contribution in [0.4, 0.5) is 0 Å². The van der Waals surface area contributed by atoms with Gasteiger partial charge in [-0.25, -0.2) is 0 Å². The standard InChI is InChI=1S/C8H18N2.2ClH/c1-9-7-5-3-4-6-8(7)10-2;;/h7-10H,3-6H2,1-2H3;2*1H. The molecule has 0 bridgehead atoms. The van der Waals surface area contributed by atoms with Crippen molar-refractivity contribution in [3.63, 3.8) is 0 Å². The van der Waals surface area contributed by atoms with Crippen molar-refractivity contribution in [1.29, 1.82) is 0 Å². The van der Waals surface area contributed by atoms with Gasteiger partial charge in [-0.05, 0) is 26.9 Å². The smallest absolute Gasteiger partial charge is 0.0218 e. The van der Waals surface area contributed by atoms with Crippen LogP contribution in [0.5, 0.6) is 0 Å². The molecule has 2 nitrogen and oxygen atoms in total. The van der Waals surface area contributed by atoms with Gasteiger partial charge < -0.3 is 10.6 Å². The van der Waals surface area contributed by atoms with Gasteiger partial charge in [0.2, 0.25) is 0 Å². The first-order chi connectivity index (χ1) is 4.88. The molecule has 0 saturated heterocycles. The fraction of sp³-hybridized carbons (Fsp3) is 1.00. The molecule has 0 aromatic carbocycles. The number of rotatable bonds is 2. The maximum atomic E-state index is 3.34. The highest BCUT2D eigenvalue weighted by Gasteiger charge is 2.21. The largest absolute Gasteiger partial charge is 0.315 e. The SMILES string of the molecule is CNC1CCCCC1NC.Cl.Cl. The van der Waals surface area contributed by atoms with Crippen LogP contribution in [0.15, 0.2) is 0 Å². The molecule has 2 unspecified atom stereocenters. The highest BCUT2D eigenvalue weighted by atomic mass is 35.5. The lowest BCUT2D eigenvalue weighted by atomic mass is 9.91. The minimum Gasteiger partial charge on any atom is -0.315 e. The number of likely N-dealkylation sites (N-methyl/N-ethyl adjacent to an activating group) is 2. The molecule has 1 aliphatic rings. The molecular formula is C8H20Cl2N2. The lowest BCUT2D eigenvalue weighted by Crippen LogP contribution is -2.47. The van der Waals surface area contributed by atoms with E-state index >= 15 is 0 Å². The van der Waals surface area contributed by atoms with Crippen molar-refractivity contribution in [1.82, 2.24) is 10.6 Å². The van der Waals surface area contributed by atoms with E-state index in [9.17, 15) is 0 Å². The van der Waals surface area contributed by atoms with Gasteiger partial charge in [0, 0.05) is 12.1 Å². The number of hydrogen-bond donors (Lipinski definition) is 2. The van der Waals surface area contributed by atoms with Crippen molar-refractivity contribution in [3.05, 3.63) is 0 Å². The second-order valence-corrected chi connectivity index (χ2v) is 3.07. The van der Waals surface area contributed by atoms with Gasteiger partial charge in [0.25, 0.3) is 0 Å². The monoisotopic (exact) mass is 214 g/mol. The van der Waals surface area contributed by atoms with E-state index in [-0.39, 0.29) is 24.8 Å². The van der Waals surface area contributed by atoms with Gasteiger partial charge in [-0.1, -0.05) is 12.8 Å². The first-order valence-electron chi connectivity index (χ1n) is 4.23. The molecule has 0 aliphatic heterocycles. The second-order valence-electron chi connectivity index (χ2n) is 3.07. The molecule has 1 aliphatic carbocycles. The van der Waals surface area contributed by atoms with Gasteiger partial charge in [0.1, 0.15) is 0 Å². The van der Waals surface area contributed by atoms with E-state index in [0.717, 1.165) is 0 Å². The van der Waals surface area contributed by atoms with Gasteiger partial charge in [-0.15, -0.1) is 24.8 Å². The molecule has 1 fully saturated rings. The zero-order chi connectivity index (χ0) is 7.40. The predicted molar refractivity (Wildman–Crippen MR) is 58.7 cm³/mol. The summed E-state index contributed by atoms with van der Waals surface area (Å²) < 4.78 is 0. The first-order valence-corrected chi connectivity index (χ1v) is 4.23. The average molecular weight is 215 g/mol. The van der Waals surface area contributed by atoms with E-state index in [1.165, 1.54) is 25.7 Å². The molecule has 0 amide bonds. The maximum absolute atomic E-state index is 3.34. The van der Waals surface area contributed by atoms with Crippen molar-refractivity contribution in [2.75, 3.05) is 14.1 Å². The van der Waals surface area contributed by atoms with E-state index in [1.807, 2.05) is 0 Å². The maximum Gasteiger partial charge on any atom is 0.0218 e. The Balaban J connectivity index is 0. The molecule has 0 heterocycles. The summed E-state index contributed by atoms with van der Waals surface area (Å²) in [5.41, 5.74) is 0. The van der Waals surface area contributed by atoms with Gasteiger partial charge in [-0.2, -0.15) is 0 Å². The van der Waals surface area contributed by atoms with E-state index in [1.54, 1.807) is 0 Å². The summed E-state index contributed by atoms with van der Waals surface area (Å²) in [6, 6.07) is 1.41. The van der Waals surface area contributed by atoms with Gasteiger partial charge in [0.05, 0.1) is 0 Å². The average Bonchev–Trinajstić information content (AvgIpc) is 2.04. The molecule has 2 N–H and O–H groups in total. The van der Waals surface area contributed by atoms with Crippen molar-refractivity contribution in [3.8, 4) is 0 Å². The number of hydrogen-bond acceptors (Lipinski definition) is 2. The predicted octanol–water partition coefficient (Wildman–Crippen LogP) is 1.58. The molecule has 1 saturated carbocycles. The second kappa shape index (κ2) is 8.11. The van der Waals surface area contributed by atoms with Crippen LogP contribution in [0.25, 0.3) is 0 Å². The van der Waals surface area contributed by atoms with Crippen molar-refractivity contribution >= 4 is 24.8 Å². The normalized spacial score (nSPS) is 28.5. The number of nitrogens with one attached hydrogen (secondary N) is 2. The van der Waals surface area contributed by atoms with E-state index in [2.05, 4.69) is 24.7 Å². The van der Waals surface area contributed by atoms with Crippen LogP contribution >= 0.6 is 24.8 Å². The highest BCUT2D eigenvalue weighted by molar-refractivity contribution is 5.85. The third-order valence-corrected chi connectivity index (χ3v) is 2.51.